The standard InChI is InChI=1S/C25H30N4O3S2.C2H6/c1-6-8-18-15-19(10-11-22(18)29(4)25(31)27-3)32-23-12-13-28-21(24(23)33-5)9-7-14-34-16-20(26)17(2)30;1-2/h1,7,9-13,15-17,30H,8,14,26H2,2-5H3,(H,27,31);1-2H3/b9-7+,20-16-;. The molecule has 2 amide bonds. The van der Waals surface area contributed by atoms with Gasteiger partial charge in [0.2, 0.25) is 0 Å². The number of thioether (sulfide) groups is 2. The SMILES string of the molecule is C#CCc1cc(Oc2ccnc(/C=C/CS/C=C(\N)C(C)O)c2SC)ccc1N(C)C(=O)NC.CC. The smallest absolute Gasteiger partial charge is 0.321 e. The van der Waals surface area contributed by atoms with E-state index in [0.717, 1.165) is 21.8 Å². The number of ether oxygens (including phenoxy) is 1. The Balaban J connectivity index is 0.00000316. The number of aromatic nitrogens is 1. The van der Waals surface area contributed by atoms with Gasteiger partial charge in [-0.1, -0.05) is 19.9 Å². The number of amides is 2. The molecule has 0 saturated carbocycles. The van der Waals surface area contributed by atoms with Crippen molar-refractivity contribution in [1.29, 1.82) is 0 Å². The van der Waals surface area contributed by atoms with Crippen LogP contribution in [0.1, 0.15) is 32.0 Å². The van der Waals surface area contributed by atoms with E-state index in [-0.39, 0.29) is 6.03 Å². The molecule has 0 fully saturated rings. The van der Waals surface area contributed by atoms with Gasteiger partial charge in [-0.3, -0.25) is 9.88 Å². The first-order valence-corrected chi connectivity index (χ1v) is 13.7. The molecule has 1 atom stereocenters. The number of pyridine rings is 1. The van der Waals surface area contributed by atoms with Crippen LogP contribution < -0.4 is 20.7 Å². The Labute approximate surface area is 223 Å². The number of carbonyl (C=O) groups excluding carboxylic acids is 1. The van der Waals surface area contributed by atoms with Gasteiger partial charge in [-0.2, -0.15) is 0 Å². The van der Waals surface area contributed by atoms with Crippen LogP contribution in [0.2, 0.25) is 0 Å². The first-order chi connectivity index (χ1) is 17.3. The minimum Gasteiger partial charge on any atom is -0.456 e. The van der Waals surface area contributed by atoms with Gasteiger partial charge in [0, 0.05) is 49.9 Å². The molecule has 4 N–H and O–H groups in total. The number of terminal acetylenes is 1. The minimum absolute atomic E-state index is 0.232. The molecule has 0 saturated heterocycles. The van der Waals surface area contributed by atoms with Crippen molar-refractivity contribution in [2.75, 3.05) is 31.0 Å². The average Bonchev–Trinajstić information content (AvgIpc) is 2.89. The molecule has 0 aliphatic heterocycles. The lowest BCUT2D eigenvalue weighted by atomic mass is 10.1. The zero-order valence-electron chi connectivity index (χ0n) is 21.7. The number of urea groups is 1. The summed E-state index contributed by atoms with van der Waals surface area (Å²) in [6, 6.07) is 7.07. The van der Waals surface area contributed by atoms with Crippen LogP contribution >= 0.6 is 23.5 Å². The number of aliphatic hydroxyl groups excluding tert-OH is 1. The highest BCUT2D eigenvalue weighted by Crippen LogP contribution is 2.35. The summed E-state index contributed by atoms with van der Waals surface area (Å²) in [5.74, 6) is 4.61. The quantitative estimate of drug-likeness (QED) is 0.213. The van der Waals surface area contributed by atoms with Crippen molar-refractivity contribution in [2.24, 2.45) is 5.73 Å². The van der Waals surface area contributed by atoms with Crippen molar-refractivity contribution in [2.45, 2.75) is 38.2 Å². The molecule has 194 valence electrons. The molecule has 0 spiro atoms. The van der Waals surface area contributed by atoms with Crippen LogP contribution in [0.25, 0.3) is 6.08 Å². The Kier molecular flexibility index (Phi) is 14.3. The van der Waals surface area contributed by atoms with E-state index in [4.69, 9.17) is 16.9 Å². The van der Waals surface area contributed by atoms with Gasteiger partial charge < -0.3 is 20.9 Å². The molecular weight excluding hydrogens is 492 g/mol. The summed E-state index contributed by atoms with van der Waals surface area (Å²) in [6.07, 6.45) is 12.8. The fraction of sp³-hybridized carbons (Fsp3) is 0.333. The summed E-state index contributed by atoms with van der Waals surface area (Å²) >= 11 is 3.03. The second kappa shape index (κ2) is 16.6. The van der Waals surface area contributed by atoms with Gasteiger partial charge in [0.15, 0.2) is 0 Å². The summed E-state index contributed by atoms with van der Waals surface area (Å²) in [5.41, 5.74) is 8.49. The van der Waals surface area contributed by atoms with E-state index in [1.54, 1.807) is 32.6 Å². The zero-order valence-corrected chi connectivity index (χ0v) is 23.4. The van der Waals surface area contributed by atoms with Crippen molar-refractivity contribution >= 4 is 41.3 Å². The maximum atomic E-state index is 12.0. The molecule has 36 heavy (non-hydrogen) atoms. The van der Waals surface area contributed by atoms with E-state index in [1.807, 2.05) is 56.5 Å². The number of anilines is 1. The number of hydrogen-bond acceptors (Lipinski definition) is 7. The Morgan fingerprint density at radius 1 is 1.39 bits per heavy atom. The molecule has 0 aliphatic carbocycles. The normalized spacial score (nSPS) is 11.8. The molecule has 0 bridgehead atoms. The van der Waals surface area contributed by atoms with Crippen LogP contribution in [-0.4, -0.2) is 48.3 Å². The summed E-state index contributed by atoms with van der Waals surface area (Å²) in [5, 5.41) is 13.8. The molecule has 1 aromatic carbocycles. The maximum absolute atomic E-state index is 12.0. The zero-order chi connectivity index (χ0) is 27.1. The van der Waals surface area contributed by atoms with Crippen molar-refractivity contribution in [1.82, 2.24) is 10.3 Å². The van der Waals surface area contributed by atoms with Crippen molar-refractivity contribution in [3.63, 3.8) is 0 Å². The third kappa shape index (κ3) is 9.19. The summed E-state index contributed by atoms with van der Waals surface area (Å²) in [7, 11) is 3.27. The number of hydrogen-bond donors (Lipinski definition) is 3. The molecule has 2 rings (SSSR count). The lowest BCUT2D eigenvalue weighted by Crippen LogP contribution is -2.35. The van der Waals surface area contributed by atoms with Gasteiger partial charge in [-0.25, -0.2) is 4.79 Å². The highest BCUT2D eigenvalue weighted by molar-refractivity contribution is 8.02. The van der Waals surface area contributed by atoms with Gasteiger partial charge in [-0.05, 0) is 48.4 Å². The molecule has 1 aromatic heterocycles. The van der Waals surface area contributed by atoms with E-state index in [1.165, 1.54) is 28.4 Å². The van der Waals surface area contributed by atoms with Gasteiger partial charge >= 0.3 is 6.03 Å². The van der Waals surface area contributed by atoms with Gasteiger partial charge in [0.25, 0.3) is 0 Å². The number of carbonyl (C=O) groups is 1. The van der Waals surface area contributed by atoms with Crippen LogP contribution in [0.5, 0.6) is 11.5 Å². The van der Waals surface area contributed by atoms with Crippen LogP contribution in [0, 0.1) is 12.3 Å². The second-order valence-electron chi connectivity index (χ2n) is 7.14. The Morgan fingerprint density at radius 3 is 2.72 bits per heavy atom. The number of aliphatic hydroxyl groups is 1. The topological polar surface area (TPSA) is 101 Å². The van der Waals surface area contributed by atoms with Gasteiger partial charge in [-0.15, -0.1) is 35.9 Å². The first-order valence-electron chi connectivity index (χ1n) is 11.5. The Morgan fingerprint density at radius 2 is 2.11 bits per heavy atom. The maximum Gasteiger partial charge on any atom is 0.321 e. The number of benzene rings is 1. The fourth-order valence-electron chi connectivity index (χ4n) is 2.92. The predicted octanol–water partition coefficient (Wildman–Crippen LogP) is 5.50. The van der Waals surface area contributed by atoms with E-state index in [2.05, 4.69) is 16.2 Å². The largest absolute Gasteiger partial charge is 0.456 e. The predicted molar refractivity (Wildman–Crippen MR) is 155 cm³/mol. The summed E-state index contributed by atoms with van der Waals surface area (Å²) in [4.78, 5) is 18.9. The van der Waals surface area contributed by atoms with E-state index < -0.39 is 6.10 Å². The molecule has 0 radical (unpaired) electrons. The number of nitrogens with one attached hydrogen (secondary N) is 1. The third-order valence-electron chi connectivity index (χ3n) is 4.72. The molecule has 7 nitrogen and oxygen atoms in total. The monoisotopic (exact) mass is 528 g/mol. The number of nitrogens with zero attached hydrogens (tertiary/aromatic N) is 2. The molecule has 0 aliphatic rings. The Hall–Kier alpha value is -3.06. The molecule has 9 heteroatoms. The van der Waals surface area contributed by atoms with Crippen LogP contribution in [-0.2, 0) is 6.42 Å². The minimum atomic E-state index is -0.658. The second-order valence-corrected chi connectivity index (χ2v) is 8.86. The summed E-state index contributed by atoms with van der Waals surface area (Å²) in [6.45, 7) is 5.63. The lowest BCUT2D eigenvalue weighted by Gasteiger charge is -2.20. The van der Waals surface area contributed by atoms with E-state index in [0.29, 0.717) is 29.4 Å². The van der Waals surface area contributed by atoms with Gasteiger partial charge in [0.1, 0.15) is 11.5 Å². The molecule has 1 heterocycles. The van der Waals surface area contributed by atoms with Crippen LogP contribution in [0.15, 0.2) is 52.5 Å². The molecule has 1 unspecified atom stereocenters. The molecule has 2 aromatic rings. The third-order valence-corrected chi connectivity index (χ3v) is 6.36. The van der Waals surface area contributed by atoms with Gasteiger partial charge in [0.05, 0.1) is 16.7 Å². The average molecular weight is 529 g/mol. The number of rotatable bonds is 10. The van der Waals surface area contributed by atoms with Crippen molar-refractivity contribution < 1.29 is 14.6 Å². The highest BCUT2D eigenvalue weighted by atomic mass is 32.2. The summed E-state index contributed by atoms with van der Waals surface area (Å²) < 4.78 is 6.19. The van der Waals surface area contributed by atoms with E-state index >= 15 is 0 Å². The van der Waals surface area contributed by atoms with Crippen molar-refractivity contribution in [3.8, 4) is 23.8 Å². The van der Waals surface area contributed by atoms with Crippen LogP contribution in [0.4, 0.5) is 10.5 Å². The number of nitrogens with two attached hydrogens (primary N) is 1. The first kappa shape index (κ1) is 31.0. The molecular formula is C27H36N4O3S2. The highest BCUT2D eigenvalue weighted by Gasteiger charge is 2.15. The van der Waals surface area contributed by atoms with Crippen LogP contribution in [0.3, 0.4) is 0 Å². The Bertz CT molecular complexity index is 1090. The fourth-order valence-corrected chi connectivity index (χ4v) is 4.25. The van der Waals surface area contributed by atoms with E-state index in [9.17, 15) is 9.90 Å². The lowest BCUT2D eigenvalue weighted by molar-refractivity contribution is 0.230. The van der Waals surface area contributed by atoms with Crippen molar-refractivity contribution in [3.05, 3.63) is 58.9 Å².